The Morgan fingerprint density at radius 3 is 2.75 bits per heavy atom. The third-order valence-electron chi connectivity index (χ3n) is 3.64. The van der Waals surface area contributed by atoms with E-state index in [1.807, 2.05) is 24.3 Å². The maximum atomic E-state index is 5.93. The highest BCUT2D eigenvalue weighted by Gasteiger charge is 2.25. The Kier molecular flexibility index (Phi) is 3.40. The summed E-state index contributed by atoms with van der Waals surface area (Å²) in [6, 6.07) is 10.2. The third-order valence-corrected chi connectivity index (χ3v) is 3.64. The Bertz CT molecular complexity index is 608. The number of nitrogens with two attached hydrogens (primary N) is 1. The number of rotatable bonds is 3. The van der Waals surface area contributed by atoms with Gasteiger partial charge in [0.2, 0.25) is 0 Å². The summed E-state index contributed by atoms with van der Waals surface area (Å²) in [5.41, 5.74) is 9.76. The SMILES string of the molecule is CC(C)c1ccc(-c2cccc3c2O[C@@H](CN)C3)nn1. The van der Waals surface area contributed by atoms with Crippen molar-refractivity contribution in [2.45, 2.75) is 32.3 Å². The van der Waals surface area contributed by atoms with Crippen molar-refractivity contribution >= 4 is 0 Å². The van der Waals surface area contributed by atoms with E-state index >= 15 is 0 Å². The fraction of sp³-hybridized carbons (Fsp3) is 0.375. The maximum absolute atomic E-state index is 5.93. The van der Waals surface area contributed by atoms with Gasteiger partial charge in [-0.15, -0.1) is 0 Å². The summed E-state index contributed by atoms with van der Waals surface area (Å²) in [7, 11) is 0. The minimum Gasteiger partial charge on any atom is -0.488 e. The number of fused-ring (bicyclic) bond motifs is 1. The summed E-state index contributed by atoms with van der Waals surface area (Å²) in [4.78, 5) is 0. The molecule has 0 radical (unpaired) electrons. The number of hydrogen-bond acceptors (Lipinski definition) is 4. The average molecular weight is 269 g/mol. The van der Waals surface area contributed by atoms with Crippen molar-refractivity contribution in [1.29, 1.82) is 0 Å². The van der Waals surface area contributed by atoms with Gasteiger partial charge in [0, 0.05) is 18.5 Å². The van der Waals surface area contributed by atoms with Gasteiger partial charge in [0.15, 0.2) is 0 Å². The first kappa shape index (κ1) is 13.1. The normalized spacial score (nSPS) is 17.1. The second-order valence-corrected chi connectivity index (χ2v) is 5.47. The van der Waals surface area contributed by atoms with E-state index in [9.17, 15) is 0 Å². The van der Waals surface area contributed by atoms with Gasteiger partial charge in [0.1, 0.15) is 11.9 Å². The van der Waals surface area contributed by atoms with Gasteiger partial charge in [-0.2, -0.15) is 10.2 Å². The molecule has 0 bridgehead atoms. The van der Waals surface area contributed by atoms with Crippen LogP contribution < -0.4 is 10.5 Å². The highest BCUT2D eigenvalue weighted by molar-refractivity contribution is 5.70. The van der Waals surface area contributed by atoms with Crippen molar-refractivity contribution in [2.24, 2.45) is 5.73 Å². The lowest BCUT2D eigenvalue weighted by molar-refractivity contribution is 0.242. The fourth-order valence-corrected chi connectivity index (χ4v) is 2.47. The van der Waals surface area contributed by atoms with E-state index in [0.717, 1.165) is 29.1 Å². The minimum atomic E-state index is 0.0778. The Balaban J connectivity index is 1.98. The average Bonchev–Trinajstić information content (AvgIpc) is 2.90. The standard InChI is InChI=1S/C16H19N3O/c1-10(2)14-6-7-15(19-18-14)13-5-3-4-11-8-12(9-17)20-16(11)13/h3-7,10,12H,8-9,17H2,1-2H3/t12-/m1/s1. The van der Waals surface area contributed by atoms with Crippen molar-refractivity contribution < 1.29 is 4.74 Å². The summed E-state index contributed by atoms with van der Waals surface area (Å²) < 4.78 is 5.93. The second-order valence-electron chi connectivity index (χ2n) is 5.47. The van der Waals surface area contributed by atoms with Crippen molar-refractivity contribution in [3.8, 4) is 17.0 Å². The summed E-state index contributed by atoms with van der Waals surface area (Å²) in [6.07, 6.45) is 0.950. The highest BCUT2D eigenvalue weighted by Crippen LogP contribution is 2.37. The number of nitrogens with zero attached hydrogens (tertiary/aromatic N) is 2. The summed E-state index contributed by atoms with van der Waals surface area (Å²) in [6.45, 7) is 4.75. The molecule has 2 heterocycles. The predicted octanol–water partition coefficient (Wildman–Crippen LogP) is 2.53. The Hall–Kier alpha value is -1.94. The third kappa shape index (κ3) is 2.27. The first-order valence-electron chi connectivity index (χ1n) is 7.01. The van der Waals surface area contributed by atoms with Gasteiger partial charge >= 0.3 is 0 Å². The Morgan fingerprint density at radius 2 is 2.10 bits per heavy atom. The van der Waals surface area contributed by atoms with Crippen LogP contribution in [-0.2, 0) is 6.42 Å². The van der Waals surface area contributed by atoms with Crippen molar-refractivity contribution in [2.75, 3.05) is 6.54 Å². The number of hydrogen-bond donors (Lipinski definition) is 1. The quantitative estimate of drug-likeness (QED) is 0.930. The molecule has 0 aliphatic carbocycles. The zero-order chi connectivity index (χ0) is 14.1. The molecule has 4 heteroatoms. The molecule has 1 aromatic carbocycles. The monoisotopic (exact) mass is 269 g/mol. The van der Waals surface area contributed by atoms with Crippen molar-refractivity contribution in [3.05, 3.63) is 41.6 Å². The molecule has 0 fully saturated rings. The van der Waals surface area contributed by atoms with Gasteiger partial charge < -0.3 is 10.5 Å². The number of para-hydroxylation sites is 1. The summed E-state index contributed by atoms with van der Waals surface area (Å²) >= 11 is 0. The number of ether oxygens (including phenoxy) is 1. The van der Waals surface area contributed by atoms with E-state index in [4.69, 9.17) is 10.5 Å². The molecule has 0 spiro atoms. The van der Waals surface area contributed by atoms with Gasteiger partial charge in [-0.3, -0.25) is 0 Å². The van der Waals surface area contributed by atoms with Crippen LogP contribution >= 0.6 is 0 Å². The highest BCUT2D eigenvalue weighted by atomic mass is 16.5. The van der Waals surface area contributed by atoms with Crippen LogP contribution in [0, 0.1) is 0 Å². The molecule has 1 aliphatic rings. The fourth-order valence-electron chi connectivity index (χ4n) is 2.47. The van der Waals surface area contributed by atoms with Crippen molar-refractivity contribution in [3.63, 3.8) is 0 Å². The van der Waals surface area contributed by atoms with Crippen LogP contribution in [0.25, 0.3) is 11.3 Å². The van der Waals surface area contributed by atoms with Gasteiger partial charge in [-0.1, -0.05) is 26.0 Å². The van der Waals surface area contributed by atoms with Crippen LogP contribution in [0.4, 0.5) is 0 Å². The van der Waals surface area contributed by atoms with Crippen molar-refractivity contribution in [1.82, 2.24) is 10.2 Å². The molecule has 2 N–H and O–H groups in total. The molecule has 20 heavy (non-hydrogen) atoms. The van der Waals surface area contributed by atoms with E-state index in [2.05, 4.69) is 30.1 Å². The lowest BCUT2D eigenvalue weighted by Crippen LogP contribution is -2.24. The van der Waals surface area contributed by atoms with Gasteiger partial charge in [0.25, 0.3) is 0 Å². The largest absolute Gasteiger partial charge is 0.488 e. The number of aromatic nitrogens is 2. The molecule has 0 saturated heterocycles. The molecule has 104 valence electrons. The van der Waals surface area contributed by atoms with E-state index in [1.165, 1.54) is 5.56 Å². The summed E-state index contributed by atoms with van der Waals surface area (Å²) in [5.74, 6) is 1.30. The molecule has 4 nitrogen and oxygen atoms in total. The zero-order valence-electron chi connectivity index (χ0n) is 11.8. The van der Waals surface area contributed by atoms with Gasteiger partial charge in [-0.25, -0.2) is 0 Å². The van der Waals surface area contributed by atoms with Crippen LogP contribution in [0.2, 0.25) is 0 Å². The molecule has 2 aromatic rings. The molecule has 3 rings (SSSR count). The molecule has 1 aliphatic heterocycles. The predicted molar refractivity (Wildman–Crippen MR) is 78.7 cm³/mol. The lowest BCUT2D eigenvalue weighted by atomic mass is 10.0. The molecule has 0 unspecified atom stereocenters. The first-order valence-corrected chi connectivity index (χ1v) is 7.01. The zero-order valence-corrected chi connectivity index (χ0v) is 11.8. The number of benzene rings is 1. The molecule has 1 aromatic heterocycles. The van der Waals surface area contributed by atoms with Gasteiger partial charge in [0.05, 0.1) is 11.4 Å². The molecular formula is C16H19N3O. The van der Waals surface area contributed by atoms with E-state index in [0.29, 0.717) is 12.5 Å². The Labute approximate surface area is 119 Å². The van der Waals surface area contributed by atoms with E-state index in [1.54, 1.807) is 0 Å². The van der Waals surface area contributed by atoms with Crippen LogP contribution in [0.15, 0.2) is 30.3 Å². The van der Waals surface area contributed by atoms with Crippen LogP contribution in [0.1, 0.15) is 31.0 Å². The maximum Gasteiger partial charge on any atom is 0.132 e. The molecule has 0 saturated carbocycles. The van der Waals surface area contributed by atoms with Crippen LogP contribution in [0.3, 0.4) is 0 Å². The Morgan fingerprint density at radius 1 is 1.25 bits per heavy atom. The smallest absolute Gasteiger partial charge is 0.132 e. The molecule has 1 atom stereocenters. The van der Waals surface area contributed by atoms with E-state index in [-0.39, 0.29) is 6.10 Å². The summed E-state index contributed by atoms with van der Waals surface area (Å²) in [5, 5.41) is 8.63. The lowest BCUT2D eigenvalue weighted by Gasteiger charge is -2.10. The molecular weight excluding hydrogens is 250 g/mol. The van der Waals surface area contributed by atoms with Crippen LogP contribution in [0.5, 0.6) is 5.75 Å². The van der Waals surface area contributed by atoms with E-state index < -0.39 is 0 Å². The van der Waals surface area contributed by atoms with Crippen LogP contribution in [-0.4, -0.2) is 22.8 Å². The topological polar surface area (TPSA) is 61.0 Å². The van der Waals surface area contributed by atoms with Gasteiger partial charge in [-0.05, 0) is 29.7 Å². The molecule has 0 amide bonds. The minimum absolute atomic E-state index is 0.0778. The first-order chi connectivity index (χ1) is 9.69. The second kappa shape index (κ2) is 5.21.